The zero-order valence-electron chi connectivity index (χ0n) is 11.4. The van der Waals surface area contributed by atoms with Crippen molar-refractivity contribution in [3.63, 3.8) is 0 Å². The standard InChI is InChI=1S/C13H16BrClN4/c1-5-19-8(6-7-16-19)12-17-10(13(2,3)4)9(14)11(15)18-12/h6-7H,5H2,1-4H3. The normalized spacial score (nSPS) is 11.9. The molecule has 2 aromatic heterocycles. The molecule has 0 aromatic carbocycles. The topological polar surface area (TPSA) is 43.6 Å². The molecule has 0 amide bonds. The van der Waals surface area contributed by atoms with Crippen molar-refractivity contribution in [1.82, 2.24) is 19.7 Å². The summed E-state index contributed by atoms with van der Waals surface area (Å²) in [6, 6.07) is 1.90. The largest absolute Gasteiger partial charge is 0.262 e. The molecule has 0 spiro atoms. The Kier molecular flexibility index (Phi) is 3.97. The molecule has 0 unspecified atom stereocenters. The van der Waals surface area contributed by atoms with Crippen molar-refractivity contribution in [2.24, 2.45) is 0 Å². The fourth-order valence-electron chi connectivity index (χ4n) is 1.81. The molecule has 0 fully saturated rings. The first-order valence-corrected chi connectivity index (χ1v) is 7.27. The SMILES string of the molecule is CCn1nccc1-c1nc(Cl)c(Br)c(C(C)(C)C)n1. The summed E-state index contributed by atoms with van der Waals surface area (Å²) in [5, 5.41) is 4.67. The van der Waals surface area contributed by atoms with E-state index in [0.717, 1.165) is 22.4 Å². The van der Waals surface area contributed by atoms with E-state index in [-0.39, 0.29) is 5.41 Å². The summed E-state index contributed by atoms with van der Waals surface area (Å²) in [4.78, 5) is 9.00. The predicted octanol–water partition coefficient (Wildman–Crippen LogP) is 4.07. The van der Waals surface area contributed by atoms with Gasteiger partial charge in [0.05, 0.1) is 10.2 Å². The van der Waals surface area contributed by atoms with Gasteiger partial charge in [-0.25, -0.2) is 9.97 Å². The van der Waals surface area contributed by atoms with Crippen molar-refractivity contribution in [2.75, 3.05) is 0 Å². The Bertz CT molecular complexity index is 601. The Morgan fingerprint density at radius 3 is 2.58 bits per heavy atom. The molecule has 0 saturated heterocycles. The highest BCUT2D eigenvalue weighted by atomic mass is 79.9. The average molecular weight is 344 g/mol. The molecule has 0 aliphatic heterocycles. The lowest BCUT2D eigenvalue weighted by molar-refractivity contribution is 0.563. The maximum atomic E-state index is 6.21. The van der Waals surface area contributed by atoms with Gasteiger partial charge in [-0.15, -0.1) is 0 Å². The zero-order chi connectivity index (χ0) is 14.2. The minimum Gasteiger partial charge on any atom is -0.262 e. The van der Waals surface area contributed by atoms with Crippen LogP contribution in [-0.2, 0) is 12.0 Å². The molecule has 2 rings (SSSR count). The van der Waals surface area contributed by atoms with Crippen LogP contribution in [0.15, 0.2) is 16.7 Å². The smallest absolute Gasteiger partial charge is 0.179 e. The van der Waals surface area contributed by atoms with Crippen molar-refractivity contribution in [3.8, 4) is 11.5 Å². The van der Waals surface area contributed by atoms with Crippen LogP contribution in [0.1, 0.15) is 33.4 Å². The van der Waals surface area contributed by atoms with Crippen molar-refractivity contribution in [2.45, 2.75) is 39.7 Å². The zero-order valence-corrected chi connectivity index (χ0v) is 13.7. The van der Waals surface area contributed by atoms with Crippen LogP contribution in [0.25, 0.3) is 11.5 Å². The van der Waals surface area contributed by atoms with Crippen molar-refractivity contribution >= 4 is 27.5 Å². The van der Waals surface area contributed by atoms with Crippen molar-refractivity contribution in [1.29, 1.82) is 0 Å². The van der Waals surface area contributed by atoms with E-state index >= 15 is 0 Å². The van der Waals surface area contributed by atoms with Crippen LogP contribution in [0.2, 0.25) is 5.15 Å². The fraction of sp³-hybridized carbons (Fsp3) is 0.462. The van der Waals surface area contributed by atoms with Gasteiger partial charge in [-0.1, -0.05) is 32.4 Å². The highest BCUT2D eigenvalue weighted by Gasteiger charge is 2.23. The van der Waals surface area contributed by atoms with E-state index in [9.17, 15) is 0 Å². The molecule has 0 aliphatic rings. The van der Waals surface area contributed by atoms with Crippen molar-refractivity contribution < 1.29 is 0 Å². The molecular weight excluding hydrogens is 328 g/mol. The van der Waals surface area contributed by atoms with E-state index in [0.29, 0.717) is 11.0 Å². The van der Waals surface area contributed by atoms with E-state index in [1.165, 1.54) is 0 Å². The first-order valence-electron chi connectivity index (χ1n) is 6.10. The van der Waals surface area contributed by atoms with Gasteiger partial charge < -0.3 is 0 Å². The Morgan fingerprint density at radius 1 is 1.32 bits per heavy atom. The van der Waals surface area contributed by atoms with Gasteiger partial charge in [-0.2, -0.15) is 5.10 Å². The number of rotatable bonds is 2. The van der Waals surface area contributed by atoms with E-state index in [1.807, 2.05) is 17.7 Å². The third-order valence-corrected chi connectivity index (χ3v) is 4.02. The monoisotopic (exact) mass is 342 g/mol. The molecule has 6 heteroatoms. The summed E-state index contributed by atoms with van der Waals surface area (Å²) in [5.41, 5.74) is 1.66. The Balaban J connectivity index is 2.64. The molecule has 0 atom stereocenters. The summed E-state index contributed by atoms with van der Waals surface area (Å²) in [6.45, 7) is 9.08. The first-order chi connectivity index (χ1) is 8.84. The molecule has 19 heavy (non-hydrogen) atoms. The molecule has 0 radical (unpaired) electrons. The maximum Gasteiger partial charge on any atom is 0.179 e. The maximum absolute atomic E-state index is 6.21. The van der Waals surface area contributed by atoms with Gasteiger partial charge in [-0.3, -0.25) is 4.68 Å². The summed E-state index contributed by atoms with van der Waals surface area (Å²) >= 11 is 9.68. The van der Waals surface area contributed by atoms with E-state index in [4.69, 9.17) is 11.6 Å². The summed E-state index contributed by atoms with van der Waals surface area (Å²) in [5.74, 6) is 0.609. The van der Waals surface area contributed by atoms with Crippen molar-refractivity contribution in [3.05, 3.63) is 27.6 Å². The average Bonchev–Trinajstić information content (AvgIpc) is 2.79. The van der Waals surface area contributed by atoms with Crippen LogP contribution >= 0.6 is 27.5 Å². The summed E-state index contributed by atoms with van der Waals surface area (Å²) < 4.78 is 2.61. The van der Waals surface area contributed by atoms with Crippen LogP contribution in [0.4, 0.5) is 0 Å². The lowest BCUT2D eigenvalue weighted by Gasteiger charge is -2.20. The minimum absolute atomic E-state index is 0.114. The second kappa shape index (κ2) is 5.21. The van der Waals surface area contributed by atoms with Crippen LogP contribution in [0.5, 0.6) is 0 Å². The molecule has 4 nitrogen and oxygen atoms in total. The number of hydrogen-bond acceptors (Lipinski definition) is 3. The Morgan fingerprint density at radius 2 is 2.00 bits per heavy atom. The highest BCUT2D eigenvalue weighted by Crippen LogP contribution is 2.33. The molecule has 0 N–H and O–H groups in total. The van der Waals surface area contributed by atoms with Gasteiger partial charge in [0.25, 0.3) is 0 Å². The number of halogens is 2. The number of hydrogen-bond donors (Lipinski definition) is 0. The number of aryl methyl sites for hydroxylation is 1. The van der Waals surface area contributed by atoms with Crippen LogP contribution < -0.4 is 0 Å². The Labute approximate surface area is 126 Å². The quantitative estimate of drug-likeness (QED) is 0.772. The molecular formula is C13H16BrClN4. The predicted molar refractivity (Wildman–Crippen MR) is 80.3 cm³/mol. The number of aromatic nitrogens is 4. The second-order valence-electron chi connectivity index (χ2n) is 5.28. The van der Waals surface area contributed by atoms with Crippen LogP contribution in [0.3, 0.4) is 0 Å². The lowest BCUT2D eigenvalue weighted by Crippen LogP contribution is -2.16. The van der Waals surface area contributed by atoms with Gasteiger partial charge >= 0.3 is 0 Å². The molecule has 2 heterocycles. The van der Waals surface area contributed by atoms with Gasteiger partial charge in [0, 0.05) is 18.2 Å². The summed E-state index contributed by atoms with van der Waals surface area (Å²) in [7, 11) is 0. The third kappa shape index (κ3) is 2.82. The van der Waals surface area contributed by atoms with E-state index in [2.05, 4.69) is 51.8 Å². The molecule has 0 saturated carbocycles. The van der Waals surface area contributed by atoms with Gasteiger partial charge in [0.2, 0.25) is 0 Å². The van der Waals surface area contributed by atoms with Gasteiger partial charge in [-0.05, 0) is 28.9 Å². The second-order valence-corrected chi connectivity index (χ2v) is 6.43. The number of nitrogens with zero attached hydrogens (tertiary/aromatic N) is 4. The van der Waals surface area contributed by atoms with Crippen LogP contribution in [0, 0.1) is 0 Å². The molecule has 102 valence electrons. The Hall–Kier alpha value is -0.940. The third-order valence-electron chi connectivity index (χ3n) is 2.77. The molecule has 2 aromatic rings. The first kappa shape index (κ1) is 14.5. The van der Waals surface area contributed by atoms with E-state index in [1.54, 1.807) is 6.20 Å². The van der Waals surface area contributed by atoms with Gasteiger partial charge in [0.15, 0.2) is 5.82 Å². The lowest BCUT2D eigenvalue weighted by atomic mass is 9.92. The summed E-state index contributed by atoms with van der Waals surface area (Å²) in [6.07, 6.45) is 1.74. The minimum atomic E-state index is -0.114. The molecule has 0 aliphatic carbocycles. The van der Waals surface area contributed by atoms with Gasteiger partial charge in [0.1, 0.15) is 10.8 Å². The molecule has 0 bridgehead atoms. The fourth-order valence-corrected chi connectivity index (χ4v) is 2.75. The highest BCUT2D eigenvalue weighted by molar-refractivity contribution is 9.10. The van der Waals surface area contributed by atoms with E-state index < -0.39 is 0 Å². The van der Waals surface area contributed by atoms with Crippen LogP contribution in [-0.4, -0.2) is 19.7 Å².